The van der Waals surface area contributed by atoms with E-state index < -0.39 is 0 Å². The highest BCUT2D eigenvalue weighted by Crippen LogP contribution is 2.32. The molecular formula is C20H28N4O. The van der Waals surface area contributed by atoms with E-state index in [4.69, 9.17) is 4.98 Å². The summed E-state index contributed by atoms with van der Waals surface area (Å²) < 4.78 is 2.24. The van der Waals surface area contributed by atoms with E-state index in [1.165, 1.54) is 18.4 Å². The average molecular weight is 340 g/mol. The minimum Gasteiger partial charge on any atom is -0.356 e. The van der Waals surface area contributed by atoms with Crippen LogP contribution in [0, 0.1) is 5.92 Å². The molecule has 2 saturated heterocycles. The fraction of sp³-hybridized carbons (Fsp3) is 0.600. The minimum absolute atomic E-state index is 0.199. The Kier molecular flexibility index (Phi) is 4.75. The Hall–Kier alpha value is -1.88. The molecule has 1 amide bonds. The fourth-order valence-corrected chi connectivity index (χ4v) is 4.66. The lowest BCUT2D eigenvalue weighted by Gasteiger charge is -2.28. The average Bonchev–Trinajstić information content (AvgIpc) is 3.13. The van der Waals surface area contributed by atoms with E-state index in [9.17, 15) is 4.79 Å². The van der Waals surface area contributed by atoms with Gasteiger partial charge in [0, 0.05) is 38.0 Å². The van der Waals surface area contributed by atoms with Crippen LogP contribution in [0.3, 0.4) is 0 Å². The maximum atomic E-state index is 12.3. The molecule has 1 aromatic heterocycles. The lowest BCUT2D eigenvalue weighted by molar-refractivity contribution is -0.122. The molecule has 2 fully saturated rings. The van der Waals surface area contributed by atoms with Gasteiger partial charge in [-0.2, -0.15) is 0 Å². The molecule has 2 bridgehead atoms. The summed E-state index contributed by atoms with van der Waals surface area (Å²) in [5.41, 5.74) is 2.22. The Morgan fingerprint density at radius 2 is 2.04 bits per heavy atom. The summed E-state index contributed by atoms with van der Waals surface area (Å²) in [7, 11) is 0. The van der Waals surface area contributed by atoms with Gasteiger partial charge in [-0.15, -0.1) is 0 Å². The quantitative estimate of drug-likeness (QED) is 0.850. The van der Waals surface area contributed by atoms with Crippen LogP contribution in [0.25, 0.3) is 11.0 Å². The summed E-state index contributed by atoms with van der Waals surface area (Å²) >= 11 is 0. The second-order valence-corrected chi connectivity index (χ2v) is 7.54. The van der Waals surface area contributed by atoms with Crippen molar-refractivity contribution >= 4 is 16.9 Å². The van der Waals surface area contributed by atoms with Crippen LogP contribution in [-0.4, -0.2) is 34.1 Å². The summed E-state index contributed by atoms with van der Waals surface area (Å²) in [4.78, 5) is 17.0. The van der Waals surface area contributed by atoms with E-state index in [0.717, 1.165) is 37.1 Å². The smallest absolute Gasteiger partial charge is 0.220 e. The number of aromatic nitrogens is 2. The number of rotatable bonds is 6. The molecule has 2 unspecified atom stereocenters. The Morgan fingerprint density at radius 3 is 2.80 bits per heavy atom. The molecule has 134 valence electrons. The van der Waals surface area contributed by atoms with Crippen molar-refractivity contribution in [3.05, 3.63) is 30.1 Å². The van der Waals surface area contributed by atoms with E-state index in [0.29, 0.717) is 31.0 Å². The van der Waals surface area contributed by atoms with Crippen LogP contribution in [0.15, 0.2) is 24.3 Å². The van der Waals surface area contributed by atoms with E-state index in [1.54, 1.807) is 0 Å². The number of imidazole rings is 1. The zero-order valence-corrected chi connectivity index (χ0v) is 15.0. The number of hydrogen-bond donors (Lipinski definition) is 2. The third kappa shape index (κ3) is 3.56. The summed E-state index contributed by atoms with van der Waals surface area (Å²) in [5.74, 6) is 1.81. The third-order valence-corrected chi connectivity index (χ3v) is 5.77. The van der Waals surface area contributed by atoms with Crippen molar-refractivity contribution in [2.24, 2.45) is 5.92 Å². The Balaban J connectivity index is 1.29. The van der Waals surface area contributed by atoms with Gasteiger partial charge in [0.05, 0.1) is 11.0 Å². The molecular weight excluding hydrogens is 312 g/mol. The van der Waals surface area contributed by atoms with Crippen molar-refractivity contribution in [2.45, 2.75) is 64.1 Å². The summed E-state index contributed by atoms with van der Waals surface area (Å²) in [6.45, 7) is 3.71. The maximum absolute atomic E-state index is 12.3. The van der Waals surface area contributed by atoms with Crippen LogP contribution in [0.2, 0.25) is 0 Å². The molecule has 2 aromatic rings. The van der Waals surface area contributed by atoms with Crippen molar-refractivity contribution in [2.75, 3.05) is 6.54 Å². The number of benzene rings is 1. The van der Waals surface area contributed by atoms with Gasteiger partial charge in [-0.3, -0.25) is 4.79 Å². The predicted octanol–water partition coefficient (Wildman–Crippen LogP) is 2.64. The normalized spacial score (nSPS) is 25.4. The first-order valence-electron chi connectivity index (χ1n) is 9.69. The molecule has 5 nitrogen and oxygen atoms in total. The van der Waals surface area contributed by atoms with Crippen molar-refractivity contribution in [3.8, 4) is 0 Å². The molecule has 25 heavy (non-hydrogen) atoms. The van der Waals surface area contributed by atoms with Crippen molar-refractivity contribution < 1.29 is 4.79 Å². The van der Waals surface area contributed by atoms with Gasteiger partial charge in [-0.05, 0) is 50.7 Å². The summed E-state index contributed by atoms with van der Waals surface area (Å²) in [6, 6.07) is 9.54. The molecule has 1 aromatic carbocycles. The van der Waals surface area contributed by atoms with Crippen molar-refractivity contribution in [1.29, 1.82) is 0 Å². The van der Waals surface area contributed by atoms with Crippen molar-refractivity contribution in [3.63, 3.8) is 0 Å². The first-order valence-corrected chi connectivity index (χ1v) is 9.69. The highest BCUT2D eigenvalue weighted by Gasteiger charge is 2.34. The Labute approximate surface area is 149 Å². The summed E-state index contributed by atoms with van der Waals surface area (Å²) in [5, 5.41) is 6.75. The van der Waals surface area contributed by atoms with Crippen LogP contribution < -0.4 is 10.6 Å². The van der Waals surface area contributed by atoms with E-state index >= 15 is 0 Å². The predicted molar refractivity (Wildman–Crippen MR) is 99.4 cm³/mol. The summed E-state index contributed by atoms with van der Waals surface area (Å²) in [6.07, 6.45) is 6.36. The van der Waals surface area contributed by atoms with Gasteiger partial charge in [0.1, 0.15) is 5.82 Å². The Bertz CT molecular complexity index is 741. The molecule has 0 radical (unpaired) electrons. The van der Waals surface area contributed by atoms with Crippen LogP contribution >= 0.6 is 0 Å². The van der Waals surface area contributed by atoms with Crippen LogP contribution in [-0.2, 0) is 17.8 Å². The molecule has 0 spiro atoms. The highest BCUT2D eigenvalue weighted by molar-refractivity contribution is 5.77. The number of hydrogen-bond acceptors (Lipinski definition) is 3. The molecule has 4 rings (SSSR count). The largest absolute Gasteiger partial charge is 0.356 e. The maximum Gasteiger partial charge on any atom is 0.220 e. The molecule has 0 aliphatic carbocycles. The van der Waals surface area contributed by atoms with Crippen LogP contribution in [0.1, 0.15) is 44.9 Å². The van der Waals surface area contributed by atoms with Crippen LogP contribution in [0.4, 0.5) is 0 Å². The minimum atomic E-state index is 0.199. The highest BCUT2D eigenvalue weighted by atomic mass is 16.1. The van der Waals surface area contributed by atoms with Gasteiger partial charge in [0.15, 0.2) is 0 Å². The molecule has 3 heterocycles. The van der Waals surface area contributed by atoms with Gasteiger partial charge < -0.3 is 15.2 Å². The van der Waals surface area contributed by atoms with E-state index in [2.05, 4.69) is 34.3 Å². The zero-order valence-electron chi connectivity index (χ0n) is 15.0. The number of para-hydroxylation sites is 2. The number of piperidine rings is 1. The van der Waals surface area contributed by atoms with E-state index in [-0.39, 0.29) is 5.91 Å². The molecule has 2 N–H and O–H groups in total. The van der Waals surface area contributed by atoms with Crippen LogP contribution in [0.5, 0.6) is 0 Å². The third-order valence-electron chi connectivity index (χ3n) is 5.77. The van der Waals surface area contributed by atoms with Gasteiger partial charge in [0.2, 0.25) is 5.91 Å². The standard InChI is InChI=1S/C20H28N4O/c1-2-24-18-6-4-3-5-17(18)23-19(24)9-10-21-20(25)13-14-11-15-7-8-16(12-14)22-15/h3-6,14-16,22H,2,7-13H2,1H3,(H,21,25). The van der Waals surface area contributed by atoms with Gasteiger partial charge >= 0.3 is 0 Å². The number of amides is 1. The number of fused-ring (bicyclic) bond motifs is 3. The monoisotopic (exact) mass is 340 g/mol. The second-order valence-electron chi connectivity index (χ2n) is 7.54. The zero-order chi connectivity index (χ0) is 17.2. The molecule has 0 saturated carbocycles. The first kappa shape index (κ1) is 16.6. The number of carbonyl (C=O) groups is 1. The van der Waals surface area contributed by atoms with Gasteiger partial charge in [-0.25, -0.2) is 4.98 Å². The number of carbonyl (C=O) groups excluding carboxylic acids is 1. The second kappa shape index (κ2) is 7.16. The molecule has 5 heteroatoms. The number of nitrogens with zero attached hydrogens (tertiary/aromatic N) is 2. The molecule has 2 aliphatic heterocycles. The number of nitrogens with one attached hydrogen (secondary N) is 2. The topological polar surface area (TPSA) is 59.0 Å². The van der Waals surface area contributed by atoms with Gasteiger partial charge in [0.25, 0.3) is 0 Å². The lowest BCUT2D eigenvalue weighted by Crippen LogP contribution is -2.39. The Morgan fingerprint density at radius 1 is 1.28 bits per heavy atom. The first-order chi connectivity index (χ1) is 12.2. The molecule has 2 aliphatic rings. The van der Waals surface area contributed by atoms with Crippen molar-refractivity contribution in [1.82, 2.24) is 20.2 Å². The SMILES string of the molecule is CCn1c(CCNC(=O)CC2CC3CCC(C2)N3)nc2ccccc21. The fourth-order valence-electron chi connectivity index (χ4n) is 4.66. The van der Waals surface area contributed by atoms with Gasteiger partial charge in [-0.1, -0.05) is 12.1 Å². The lowest BCUT2D eigenvalue weighted by atomic mass is 9.89. The molecule has 2 atom stereocenters. The van der Waals surface area contributed by atoms with E-state index in [1.807, 2.05) is 12.1 Å². The number of aryl methyl sites for hydroxylation is 1.